The van der Waals surface area contributed by atoms with E-state index in [9.17, 15) is 0 Å². The van der Waals surface area contributed by atoms with Crippen molar-refractivity contribution in [3.63, 3.8) is 0 Å². The van der Waals surface area contributed by atoms with Gasteiger partial charge in [0.15, 0.2) is 0 Å². The van der Waals surface area contributed by atoms with E-state index in [2.05, 4.69) is 83.1 Å². The van der Waals surface area contributed by atoms with Gasteiger partial charge in [-0.25, -0.2) is 0 Å². The molecule has 0 aromatic rings. The average Bonchev–Trinajstić information content (AvgIpc) is 3.55. The van der Waals surface area contributed by atoms with Crippen molar-refractivity contribution < 1.29 is 65.4 Å². The molecule has 6 aliphatic carbocycles. The first-order chi connectivity index (χ1) is 18.3. The first-order valence-corrected chi connectivity index (χ1v) is 17.4. The van der Waals surface area contributed by atoms with Gasteiger partial charge in [0.05, 0.1) is 0 Å². The van der Waals surface area contributed by atoms with Gasteiger partial charge >= 0.3 is 0 Å². The van der Waals surface area contributed by atoms with Crippen LogP contribution in [0.5, 0.6) is 0 Å². The molecule has 0 aromatic carbocycles. The third-order valence-electron chi connectivity index (χ3n) is 14.5. The first-order valence-electron chi connectivity index (χ1n) is 17.4. The molecule has 6 rings (SSSR count). The minimum Gasteiger partial charge on any atom is -0.346 e. The Bertz CT molecular complexity index is 697. The van der Waals surface area contributed by atoms with E-state index in [1.807, 2.05) is 0 Å². The van der Waals surface area contributed by atoms with E-state index >= 15 is 0 Å². The van der Waals surface area contributed by atoms with Crippen LogP contribution < -0.4 is 0 Å². The third kappa shape index (κ3) is 8.62. The number of fused-ring (bicyclic) bond motifs is 4. The van der Waals surface area contributed by atoms with Crippen LogP contribution in [-0.4, -0.2) is 0 Å². The molecule has 0 aromatic heterocycles. The Labute approximate surface area is 318 Å². The molecule has 0 nitrogen and oxygen atoms in total. The fraction of sp³-hybridized carbons (Fsp3) is 0.900. The average molecular weight is 733 g/mol. The third-order valence-corrected chi connectivity index (χ3v) is 14.5. The van der Waals surface area contributed by atoms with Crippen LogP contribution in [0.3, 0.4) is 0 Å². The molecule has 2 heteroatoms. The zero-order valence-corrected chi connectivity index (χ0v) is 35.1. The van der Waals surface area contributed by atoms with Gasteiger partial charge in [-0.1, -0.05) is 106 Å². The summed E-state index contributed by atoms with van der Waals surface area (Å²) < 4.78 is 0. The molecule has 0 saturated heterocycles. The molecule has 0 N–H and O–H groups in total. The van der Waals surface area contributed by atoms with E-state index in [-0.39, 0.29) is 72.8 Å². The Hall–Kier alpha value is 2.21. The molecule has 6 aliphatic rings. The summed E-state index contributed by atoms with van der Waals surface area (Å²) in [4.78, 5) is 0. The maximum Gasteiger partial charge on any atom is 0 e. The summed E-state index contributed by atoms with van der Waals surface area (Å²) in [6.07, 6.45) is 13.5. The molecule has 0 bridgehead atoms. The van der Waals surface area contributed by atoms with Crippen LogP contribution in [0.4, 0.5) is 0 Å². The molecule has 0 aliphatic heterocycles. The van der Waals surface area contributed by atoms with Gasteiger partial charge in [0.2, 0.25) is 0 Å². The standard InChI is InChI=1S/C20H35.C15H25.2C2H5.CH4.2Y/c1-12-13(2)15-10-17-18(11-16(15)14(12)3)20(6,7)9-8-19(17,4)5;1-9-10(2)14-7-12-5-4-6-13(12)8-15(14)11(9)3;2*1-2;;;/h12-18H,2,8-11H2,1,3-7H3;9-15H,2,4-8H2,1,3H3;2*1H2,2H3;1H4;;/q4*-1;;;. The maximum atomic E-state index is 4.58. The minimum atomic E-state index is 0. The van der Waals surface area contributed by atoms with Crippen LogP contribution in [-0.2, 0) is 65.4 Å². The molecule has 42 heavy (non-hydrogen) atoms. The Morgan fingerprint density at radius 1 is 0.500 bits per heavy atom. The number of hydrogen-bond acceptors (Lipinski definition) is 0. The summed E-state index contributed by atoms with van der Waals surface area (Å²) in [5, 5.41) is 0. The monoisotopic (exact) mass is 732 g/mol. The van der Waals surface area contributed by atoms with Crippen LogP contribution in [0.25, 0.3) is 0 Å². The molecule has 6 fully saturated rings. The zero-order chi connectivity index (χ0) is 29.4. The SMILES string of the molecule is C.[CH2-]C.[CH2-]C.[CH2-]C1C(C)C(C)C2CC3C(CC12)C(C)(C)CCC3(C)C.[CH2-]C1C(C)C(C)C2CC3CCCC3CC12.[Y].[Y]. The molecule has 2 radical (unpaired) electrons. The van der Waals surface area contributed by atoms with Gasteiger partial charge < -0.3 is 27.7 Å². The van der Waals surface area contributed by atoms with E-state index in [0.29, 0.717) is 16.7 Å². The Morgan fingerprint density at radius 3 is 1.21 bits per heavy atom. The molecule has 244 valence electrons. The van der Waals surface area contributed by atoms with Crippen LogP contribution in [0, 0.1) is 121 Å². The van der Waals surface area contributed by atoms with Crippen molar-refractivity contribution in [2.24, 2.45) is 93.7 Å². The smallest absolute Gasteiger partial charge is 0 e. The van der Waals surface area contributed by atoms with E-state index in [1.165, 1.54) is 51.4 Å². The topological polar surface area (TPSA) is 0 Å². The molecule has 0 amide bonds. The predicted octanol–water partition coefficient (Wildman–Crippen LogP) is 12.3. The van der Waals surface area contributed by atoms with E-state index in [1.54, 1.807) is 20.3 Å². The van der Waals surface area contributed by atoms with Crippen LogP contribution >= 0.6 is 0 Å². The van der Waals surface area contributed by atoms with E-state index < -0.39 is 0 Å². The van der Waals surface area contributed by atoms with Crippen molar-refractivity contribution in [1.29, 1.82) is 0 Å². The zero-order valence-electron chi connectivity index (χ0n) is 29.4. The predicted molar refractivity (Wildman–Crippen MR) is 180 cm³/mol. The second kappa shape index (κ2) is 18.1. The molecule has 0 spiro atoms. The van der Waals surface area contributed by atoms with Crippen LogP contribution in [0.1, 0.15) is 134 Å². The second-order valence-electron chi connectivity index (χ2n) is 16.5. The van der Waals surface area contributed by atoms with Gasteiger partial charge in [0.25, 0.3) is 0 Å². The summed E-state index contributed by atoms with van der Waals surface area (Å²) in [5.41, 5.74) is 1.12. The largest absolute Gasteiger partial charge is 0.346 e. The molecule has 14 atom stereocenters. The fourth-order valence-electron chi connectivity index (χ4n) is 11.3. The normalized spacial score (nSPS) is 46.7. The van der Waals surface area contributed by atoms with Crippen LogP contribution in [0.15, 0.2) is 0 Å². The summed E-state index contributed by atoms with van der Waals surface area (Å²) in [6.45, 7) is 39.1. The Kier molecular flexibility index (Phi) is 19.1. The van der Waals surface area contributed by atoms with Gasteiger partial charge in [0, 0.05) is 65.4 Å². The van der Waals surface area contributed by atoms with Crippen molar-refractivity contribution in [1.82, 2.24) is 0 Å². The quantitative estimate of drug-likeness (QED) is 0.218. The summed E-state index contributed by atoms with van der Waals surface area (Å²) in [5.74, 6) is 13.0. The molecular formula is C40H74Y2-4. The molecule has 0 heterocycles. The van der Waals surface area contributed by atoms with Crippen molar-refractivity contribution in [2.45, 2.75) is 134 Å². The summed E-state index contributed by atoms with van der Waals surface area (Å²) in [7, 11) is 0. The van der Waals surface area contributed by atoms with Crippen molar-refractivity contribution >= 4 is 0 Å². The van der Waals surface area contributed by atoms with Crippen molar-refractivity contribution in [3.8, 4) is 0 Å². The Balaban J connectivity index is 0.000000689. The molecule has 14 unspecified atom stereocenters. The summed E-state index contributed by atoms with van der Waals surface area (Å²) in [6, 6.07) is 0. The van der Waals surface area contributed by atoms with Gasteiger partial charge in [-0.3, -0.25) is 0 Å². The van der Waals surface area contributed by atoms with E-state index in [4.69, 9.17) is 0 Å². The first kappa shape index (κ1) is 44.2. The Morgan fingerprint density at radius 2 is 0.810 bits per heavy atom. The second-order valence-corrected chi connectivity index (χ2v) is 16.5. The van der Waals surface area contributed by atoms with E-state index in [0.717, 1.165) is 76.9 Å². The maximum absolute atomic E-state index is 4.58. The molecular weight excluding hydrogens is 658 g/mol. The van der Waals surface area contributed by atoms with Gasteiger partial charge in [0.1, 0.15) is 0 Å². The molecule has 6 saturated carbocycles. The van der Waals surface area contributed by atoms with Crippen molar-refractivity contribution in [3.05, 3.63) is 27.7 Å². The van der Waals surface area contributed by atoms with Crippen LogP contribution in [0.2, 0.25) is 0 Å². The summed E-state index contributed by atoms with van der Waals surface area (Å²) >= 11 is 0. The minimum absolute atomic E-state index is 0. The number of rotatable bonds is 0. The van der Waals surface area contributed by atoms with Gasteiger partial charge in [-0.05, 0) is 96.7 Å². The fourth-order valence-corrected chi connectivity index (χ4v) is 11.3. The van der Waals surface area contributed by atoms with Gasteiger partial charge in [-0.2, -0.15) is 25.7 Å². The van der Waals surface area contributed by atoms with Crippen molar-refractivity contribution in [2.75, 3.05) is 0 Å². The van der Waals surface area contributed by atoms with Gasteiger partial charge in [-0.15, -0.1) is 0 Å². The number of hydrogen-bond donors (Lipinski definition) is 0.